The fraction of sp³-hybridized carbons (Fsp3) is 0.567. The van der Waals surface area contributed by atoms with Crippen LogP contribution >= 0.6 is 0 Å². The molecule has 0 aromatic heterocycles. The lowest BCUT2D eigenvalue weighted by Crippen LogP contribution is -2.59. The lowest BCUT2D eigenvalue weighted by Gasteiger charge is -2.40. The molecule has 1 unspecified atom stereocenters. The number of rotatable bonds is 7. The fourth-order valence-electron chi connectivity index (χ4n) is 6.69. The van der Waals surface area contributed by atoms with Crippen molar-refractivity contribution in [1.82, 2.24) is 4.90 Å². The molecule has 6 atom stereocenters. The van der Waals surface area contributed by atoms with Crippen LogP contribution in [0.25, 0.3) is 0 Å². The summed E-state index contributed by atoms with van der Waals surface area (Å²) < 4.78 is 12.1. The van der Waals surface area contributed by atoms with Crippen LogP contribution in [-0.4, -0.2) is 84.4 Å². The molecule has 9 nitrogen and oxygen atoms in total. The molecule has 1 aromatic rings. The predicted octanol–water partition coefficient (Wildman–Crippen LogP) is 2.54. The molecular formula is C30H39N3O6. The van der Waals surface area contributed by atoms with Crippen molar-refractivity contribution in [2.75, 3.05) is 42.6 Å². The van der Waals surface area contributed by atoms with Crippen molar-refractivity contribution in [3.63, 3.8) is 0 Å². The molecule has 1 spiro atoms. The molecule has 5 rings (SSSR count). The summed E-state index contributed by atoms with van der Waals surface area (Å²) in [5, 5.41) is 10.4. The molecule has 0 aliphatic carbocycles. The number of benzene rings is 1. The number of anilines is 2. The highest BCUT2D eigenvalue weighted by Crippen LogP contribution is 2.54. The van der Waals surface area contributed by atoms with Crippen molar-refractivity contribution in [2.24, 2.45) is 17.8 Å². The number of cyclic esters (lactones) is 1. The van der Waals surface area contributed by atoms with Gasteiger partial charge in [0.15, 0.2) is 0 Å². The van der Waals surface area contributed by atoms with Crippen LogP contribution in [0.15, 0.2) is 48.6 Å². The van der Waals surface area contributed by atoms with E-state index in [0.29, 0.717) is 18.7 Å². The standard InChI is InChI=1S/C30H39N3O6/c1-5-31(6-2)20-11-13-21(14-12-20)32-16-9-15-30-25(24-23(39-30)10-7-8-17-38-29(24)37)27(35)33(26(30)28(32)36)22(18-34)19(3)4/h7,9-15,19,22-26,34H,5-6,8,16-18H2,1-4H3/t22-,23+,24-,25-,26?,30-/m0/s1. The number of carbonyl (C=O) groups is 3. The van der Waals surface area contributed by atoms with Crippen molar-refractivity contribution in [1.29, 1.82) is 0 Å². The zero-order valence-electron chi connectivity index (χ0n) is 23.2. The number of aliphatic hydroxyl groups excluding tert-OH is 1. The van der Waals surface area contributed by atoms with Crippen molar-refractivity contribution < 1.29 is 29.0 Å². The van der Waals surface area contributed by atoms with Gasteiger partial charge in [0.2, 0.25) is 5.91 Å². The number of likely N-dealkylation sites (tertiary alicyclic amines) is 1. The second-order valence-electron chi connectivity index (χ2n) is 11.0. The smallest absolute Gasteiger partial charge is 0.312 e. The summed E-state index contributed by atoms with van der Waals surface area (Å²) in [5.74, 6) is -3.07. The minimum absolute atomic E-state index is 0.128. The molecule has 0 radical (unpaired) electrons. The van der Waals surface area contributed by atoms with Crippen LogP contribution in [0, 0.1) is 17.8 Å². The number of fused-ring (bicyclic) bond motifs is 2. The molecule has 0 saturated carbocycles. The third-order valence-electron chi connectivity index (χ3n) is 8.66. The van der Waals surface area contributed by atoms with Crippen molar-refractivity contribution in [3.8, 4) is 0 Å². The van der Waals surface area contributed by atoms with E-state index in [-0.39, 0.29) is 30.9 Å². The molecule has 2 saturated heterocycles. The van der Waals surface area contributed by atoms with E-state index in [1.165, 1.54) is 4.90 Å². The third kappa shape index (κ3) is 4.36. The first-order valence-corrected chi connectivity index (χ1v) is 14.1. The van der Waals surface area contributed by atoms with Crippen LogP contribution in [0.4, 0.5) is 11.4 Å². The lowest BCUT2D eigenvalue weighted by molar-refractivity contribution is -0.155. The molecular weight excluding hydrogens is 498 g/mol. The van der Waals surface area contributed by atoms with Gasteiger partial charge in [0, 0.05) is 31.0 Å². The SMILES string of the molecule is CCN(CC)c1ccc(N2CC=C[C@]34O[C@@H]5C=CCCOC(=O)[C@@H]5[C@H]3C(=O)N([C@@H](CO)C(C)C)C4C2=O)cc1. The predicted molar refractivity (Wildman–Crippen MR) is 147 cm³/mol. The number of hydrogen-bond acceptors (Lipinski definition) is 7. The van der Waals surface area contributed by atoms with E-state index < -0.39 is 41.6 Å². The van der Waals surface area contributed by atoms with Crippen LogP contribution in [0.1, 0.15) is 34.1 Å². The first-order chi connectivity index (χ1) is 18.8. The summed E-state index contributed by atoms with van der Waals surface area (Å²) in [6, 6.07) is 6.19. The van der Waals surface area contributed by atoms with Crippen LogP contribution in [-0.2, 0) is 23.9 Å². The molecule has 4 heterocycles. The van der Waals surface area contributed by atoms with Crippen LogP contribution in [0.3, 0.4) is 0 Å². The molecule has 39 heavy (non-hydrogen) atoms. The summed E-state index contributed by atoms with van der Waals surface area (Å²) >= 11 is 0. The molecule has 4 aliphatic rings. The van der Waals surface area contributed by atoms with E-state index in [1.54, 1.807) is 4.90 Å². The monoisotopic (exact) mass is 537 g/mol. The molecule has 1 aromatic carbocycles. The Balaban J connectivity index is 1.59. The van der Waals surface area contributed by atoms with E-state index >= 15 is 0 Å². The van der Waals surface area contributed by atoms with Gasteiger partial charge in [-0.05, 0) is 50.5 Å². The average molecular weight is 538 g/mol. The number of esters is 1. The van der Waals surface area contributed by atoms with E-state index in [2.05, 4.69) is 18.7 Å². The Hall–Kier alpha value is -3.17. The molecule has 1 N–H and O–H groups in total. The molecule has 4 aliphatic heterocycles. The first kappa shape index (κ1) is 27.4. The number of hydrogen-bond donors (Lipinski definition) is 1. The summed E-state index contributed by atoms with van der Waals surface area (Å²) in [6.45, 7) is 9.98. The minimum atomic E-state index is -1.35. The molecule has 9 heteroatoms. The van der Waals surface area contributed by atoms with Crippen LogP contribution in [0.5, 0.6) is 0 Å². The summed E-state index contributed by atoms with van der Waals surface area (Å²) in [6.07, 6.45) is 7.27. The average Bonchev–Trinajstić information content (AvgIpc) is 3.29. The molecule has 2 amide bonds. The second kappa shape index (κ2) is 10.8. The van der Waals surface area contributed by atoms with Gasteiger partial charge in [-0.2, -0.15) is 0 Å². The topological polar surface area (TPSA) is 99.6 Å². The second-order valence-corrected chi connectivity index (χ2v) is 11.0. The van der Waals surface area contributed by atoms with Gasteiger partial charge in [0.1, 0.15) is 17.6 Å². The van der Waals surface area contributed by atoms with Gasteiger partial charge in [-0.25, -0.2) is 0 Å². The zero-order chi connectivity index (χ0) is 27.9. The van der Waals surface area contributed by atoms with E-state index in [1.807, 2.05) is 62.4 Å². The van der Waals surface area contributed by atoms with Crippen LogP contribution < -0.4 is 9.80 Å². The number of carbonyl (C=O) groups excluding carboxylic acids is 3. The largest absolute Gasteiger partial charge is 0.465 e. The Kier molecular flexibility index (Phi) is 7.57. The zero-order valence-corrected chi connectivity index (χ0v) is 23.2. The van der Waals surface area contributed by atoms with E-state index in [4.69, 9.17) is 9.47 Å². The minimum Gasteiger partial charge on any atom is -0.465 e. The van der Waals surface area contributed by atoms with Gasteiger partial charge in [-0.1, -0.05) is 38.2 Å². The third-order valence-corrected chi connectivity index (χ3v) is 8.66. The summed E-state index contributed by atoms with van der Waals surface area (Å²) in [7, 11) is 0. The Morgan fingerprint density at radius 2 is 1.79 bits per heavy atom. The van der Waals surface area contributed by atoms with E-state index in [9.17, 15) is 19.5 Å². The quantitative estimate of drug-likeness (QED) is 0.422. The Bertz CT molecular complexity index is 1160. The number of aliphatic hydroxyl groups is 1. The Morgan fingerprint density at radius 3 is 2.44 bits per heavy atom. The summed E-state index contributed by atoms with van der Waals surface area (Å²) in [4.78, 5) is 47.3. The lowest BCUT2D eigenvalue weighted by atomic mass is 9.77. The first-order valence-electron chi connectivity index (χ1n) is 14.1. The van der Waals surface area contributed by atoms with Gasteiger partial charge in [0.25, 0.3) is 5.91 Å². The van der Waals surface area contributed by atoms with Gasteiger partial charge in [-0.15, -0.1) is 0 Å². The van der Waals surface area contributed by atoms with Crippen LogP contribution in [0.2, 0.25) is 0 Å². The van der Waals surface area contributed by atoms with Gasteiger partial charge < -0.3 is 29.3 Å². The maximum atomic E-state index is 14.5. The van der Waals surface area contributed by atoms with Crippen molar-refractivity contribution in [3.05, 3.63) is 48.6 Å². The Labute approximate surface area is 230 Å². The van der Waals surface area contributed by atoms with E-state index in [0.717, 1.165) is 18.8 Å². The maximum Gasteiger partial charge on any atom is 0.312 e. The molecule has 2 fully saturated rings. The van der Waals surface area contributed by atoms with Gasteiger partial charge in [0.05, 0.1) is 31.3 Å². The molecule has 0 bridgehead atoms. The highest BCUT2D eigenvalue weighted by molar-refractivity contribution is 6.05. The number of amides is 2. The van der Waals surface area contributed by atoms with Crippen molar-refractivity contribution in [2.45, 2.75) is 57.9 Å². The van der Waals surface area contributed by atoms with Gasteiger partial charge in [-0.3, -0.25) is 14.4 Å². The summed E-state index contributed by atoms with van der Waals surface area (Å²) in [5.41, 5.74) is 0.425. The Morgan fingerprint density at radius 1 is 1.08 bits per heavy atom. The maximum absolute atomic E-state index is 14.5. The number of nitrogens with zero attached hydrogens (tertiary/aromatic N) is 3. The highest BCUT2D eigenvalue weighted by Gasteiger charge is 2.72. The molecule has 210 valence electrons. The van der Waals surface area contributed by atoms with Gasteiger partial charge >= 0.3 is 5.97 Å². The normalized spacial score (nSPS) is 30.9. The highest BCUT2D eigenvalue weighted by atomic mass is 16.6. The fourth-order valence-corrected chi connectivity index (χ4v) is 6.69. The van der Waals surface area contributed by atoms with Crippen molar-refractivity contribution >= 4 is 29.2 Å². The number of ether oxygens (including phenoxy) is 2.